The molecule has 3 heterocycles. The zero-order valence-corrected chi connectivity index (χ0v) is 19.0. The molecule has 0 bridgehead atoms. The Kier molecular flexibility index (Phi) is 5.09. The second kappa shape index (κ2) is 8.30. The Labute approximate surface area is 201 Å². The Morgan fingerprint density at radius 1 is 0.743 bits per heavy atom. The van der Waals surface area contributed by atoms with Gasteiger partial charge < -0.3 is 9.15 Å². The summed E-state index contributed by atoms with van der Waals surface area (Å²) in [6, 6.07) is 23.6. The highest BCUT2D eigenvalue weighted by Crippen LogP contribution is 2.34. The third-order valence-corrected chi connectivity index (χ3v) is 6.91. The Hall–Kier alpha value is -4.07. The minimum absolute atomic E-state index is 0.0671. The van der Waals surface area contributed by atoms with Gasteiger partial charge in [0, 0.05) is 5.56 Å². The van der Waals surface area contributed by atoms with Crippen LogP contribution in [0.15, 0.2) is 88.1 Å². The number of morpholine rings is 1. The maximum atomic E-state index is 13.3. The minimum Gasteiger partial charge on any atom is -0.411 e. The van der Waals surface area contributed by atoms with Gasteiger partial charge in [0.05, 0.1) is 35.8 Å². The summed E-state index contributed by atoms with van der Waals surface area (Å²) in [5.41, 5.74) is 2.88. The van der Waals surface area contributed by atoms with Crippen molar-refractivity contribution in [1.82, 2.24) is 9.38 Å². The van der Waals surface area contributed by atoms with Crippen LogP contribution in [0.25, 0.3) is 22.1 Å². The van der Waals surface area contributed by atoms with E-state index >= 15 is 0 Å². The van der Waals surface area contributed by atoms with E-state index in [1.54, 1.807) is 30.3 Å². The Balaban J connectivity index is 1.49. The molecular weight excluding hydrogens is 444 g/mol. The Morgan fingerprint density at radius 2 is 1.37 bits per heavy atom. The fourth-order valence-electron chi connectivity index (χ4n) is 5.01. The maximum absolute atomic E-state index is 13.3. The SMILES string of the molecule is O=C1c2ccccc2C(=O)N1C[N+]1(c2cc(=O)c3cccc(-c4ccccc4)c3o2)CCOCC1. The van der Waals surface area contributed by atoms with Crippen LogP contribution in [0.4, 0.5) is 5.88 Å². The van der Waals surface area contributed by atoms with Crippen LogP contribution >= 0.6 is 0 Å². The lowest BCUT2D eigenvalue weighted by atomic mass is 10.0. The van der Waals surface area contributed by atoms with Crippen molar-refractivity contribution in [2.24, 2.45) is 0 Å². The standard InChI is InChI=1S/C28H23N2O5/c31-24-17-25(35-26-20(11-6-12-23(24)26)19-7-2-1-3-8-19)30(13-15-34-16-14-30)18-29-27(32)21-9-4-5-10-22(21)28(29)33/h1-12,17H,13-16,18H2/q+1. The van der Waals surface area contributed by atoms with E-state index in [-0.39, 0.29) is 28.4 Å². The first-order valence-electron chi connectivity index (χ1n) is 11.6. The van der Waals surface area contributed by atoms with Crippen LogP contribution < -0.4 is 9.91 Å². The highest BCUT2D eigenvalue weighted by Gasteiger charge is 2.45. The van der Waals surface area contributed by atoms with E-state index in [0.717, 1.165) is 11.1 Å². The molecule has 2 amide bonds. The summed E-state index contributed by atoms with van der Waals surface area (Å²) in [6.07, 6.45) is 0. The molecule has 6 rings (SSSR count). The van der Waals surface area contributed by atoms with Gasteiger partial charge in [0.25, 0.3) is 11.8 Å². The van der Waals surface area contributed by atoms with Gasteiger partial charge in [-0.1, -0.05) is 54.6 Å². The summed E-state index contributed by atoms with van der Waals surface area (Å²) in [5.74, 6) is -0.240. The number of carbonyl (C=O) groups excluding carboxylic acids is 2. The number of amides is 2. The lowest BCUT2D eigenvalue weighted by molar-refractivity contribution is 0.00834. The first-order chi connectivity index (χ1) is 17.1. The first kappa shape index (κ1) is 21.5. The van der Waals surface area contributed by atoms with Gasteiger partial charge >= 0.3 is 5.88 Å². The van der Waals surface area contributed by atoms with E-state index in [1.165, 1.54) is 11.0 Å². The van der Waals surface area contributed by atoms with Gasteiger partial charge in [0.1, 0.15) is 13.1 Å². The fourth-order valence-corrected chi connectivity index (χ4v) is 5.01. The van der Waals surface area contributed by atoms with Gasteiger partial charge in [-0.15, -0.1) is 0 Å². The summed E-state index contributed by atoms with van der Waals surface area (Å²) in [7, 11) is 0. The van der Waals surface area contributed by atoms with Crippen molar-refractivity contribution in [3.63, 3.8) is 0 Å². The molecule has 1 fully saturated rings. The second-order valence-corrected chi connectivity index (χ2v) is 8.93. The molecule has 0 saturated carbocycles. The van der Waals surface area contributed by atoms with E-state index in [1.807, 2.05) is 42.5 Å². The van der Waals surface area contributed by atoms with Crippen molar-refractivity contribution in [2.75, 3.05) is 33.0 Å². The quantitative estimate of drug-likeness (QED) is 0.334. The monoisotopic (exact) mass is 467 g/mol. The van der Waals surface area contributed by atoms with E-state index in [0.29, 0.717) is 54.3 Å². The summed E-state index contributed by atoms with van der Waals surface area (Å²) in [4.78, 5) is 40.8. The van der Waals surface area contributed by atoms with Crippen molar-refractivity contribution in [3.05, 3.63) is 100 Å². The molecule has 35 heavy (non-hydrogen) atoms. The Bertz CT molecular complexity index is 1480. The van der Waals surface area contributed by atoms with Crippen LogP contribution in [-0.2, 0) is 4.74 Å². The van der Waals surface area contributed by atoms with Crippen LogP contribution in [0.3, 0.4) is 0 Å². The zero-order valence-electron chi connectivity index (χ0n) is 19.0. The molecule has 7 heteroatoms. The first-order valence-corrected chi connectivity index (χ1v) is 11.6. The molecule has 0 spiro atoms. The van der Waals surface area contributed by atoms with Crippen molar-refractivity contribution < 1.29 is 18.7 Å². The highest BCUT2D eigenvalue weighted by molar-refractivity contribution is 6.21. The Morgan fingerprint density at radius 3 is 2.06 bits per heavy atom. The van der Waals surface area contributed by atoms with Gasteiger partial charge in [-0.3, -0.25) is 14.4 Å². The molecule has 2 aliphatic heterocycles. The number of hydrogen-bond acceptors (Lipinski definition) is 5. The van der Waals surface area contributed by atoms with Crippen molar-refractivity contribution in [1.29, 1.82) is 0 Å². The van der Waals surface area contributed by atoms with Crippen LogP contribution in [0.2, 0.25) is 0 Å². The van der Waals surface area contributed by atoms with Crippen molar-refractivity contribution >= 4 is 28.7 Å². The fraction of sp³-hybridized carbons (Fsp3) is 0.179. The van der Waals surface area contributed by atoms with Crippen LogP contribution in [0.1, 0.15) is 20.7 Å². The number of para-hydroxylation sites is 1. The number of hydrogen-bond donors (Lipinski definition) is 0. The zero-order chi connectivity index (χ0) is 24.0. The number of fused-ring (bicyclic) bond motifs is 2. The molecule has 174 valence electrons. The number of benzene rings is 3. The highest BCUT2D eigenvalue weighted by atomic mass is 16.5. The average Bonchev–Trinajstić information content (AvgIpc) is 3.14. The molecule has 1 saturated heterocycles. The lowest BCUT2D eigenvalue weighted by Gasteiger charge is -2.40. The molecule has 4 aromatic rings. The van der Waals surface area contributed by atoms with Gasteiger partial charge in [-0.05, 0) is 23.8 Å². The summed E-state index contributed by atoms with van der Waals surface area (Å²) < 4.78 is 12.2. The molecule has 0 aliphatic carbocycles. The summed E-state index contributed by atoms with van der Waals surface area (Å²) >= 11 is 0. The normalized spacial score (nSPS) is 17.1. The third-order valence-electron chi connectivity index (χ3n) is 6.91. The number of quaternary nitrogens is 1. The number of carbonyl (C=O) groups is 2. The minimum atomic E-state index is -0.331. The lowest BCUT2D eigenvalue weighted by Crippen LogP contribution is -2.62. The molecule has 1 aromatic heterocycles. The number of rotatable bonds is 4. The van der Waals surface area contributed by atoms with Gasteiger partial charge in [0.2, 0.25) is 0 Å². The van der Waals surface area contributed by atoms with E-state index in [2.05, 4.69) is 0 Å². The maximum Gasteiger partial charge on any atom is 0.302 e. The second-order valence-electron chi connectivity index (χ2n) is 8.93. The van der Waals surface area contributed by atoms with E-state index < -0.39 is 0 Å². The van der Waals surface area contributed by atoms with Crippen LogP contribution in [0.5, 0.6) is 0 Å². The van der Waals surface area contributed by atoms with E-state index in [4.69, 9.17) is 9.15 Å². The van der Waals surface area contributed by atoms with Crippen molar-refractivity contribution in [3.8, 4) is 11.1 Å². The van der Waals surface area contributed by atoms with Crippen LogP contribution in [0, 0.1) is 0 Å². The molecule has 0 atom stereocenters. The van der Waals surface area contributed by atoms with Gasteiger partial charge in [-0.2, -0.15) is 0 Å². The molecular formula is C28H23N2O5+. The molecule has 0 radical (unpaired) electrons. The molecule has 7 nitrogen and oxygen atoms in total. The topological polar surface area (TPSA) is 76.8 Å². The summed E-state index contributed by atoms with van der Waals surface area (Å²) in [5, 5.41) is 0.488. The van der Waals surface area contributed by atoms with Crippen LogP contribution in [-0.4, -0.2) is 49.7 Å². The predicted octanol–water partition coefficient (Wildman–Crippen LogP) is 4.05. The largest absolute Gasteiger partial charge is 0.411 e. The van der Waals surface area contributed by atoms with E-state index in [9.17, 15) is 14.4 Å². The predicted molar refractivity (Wildman–Crippen MR) is 132 cm³/mol. The molecule has 2 aliphatic rings. The molecule has 0 unspecified atom stereocenters. The smallest absolute Gasteiger partial charge is 0.302 e. The van der Waals surface area contributed by atoms with Gasteiger partial charge in [0.15, 0.2) is 17.7 Å². The number of nitrogens with zero attached hydrogens (tertiary/aromatic N) is 2. The number of ether oxygens (including phenoxy) is 1. The van der Waals surface area contributed by atoms with Crippen molar-refractivity contribution in [2.45, 2.75) is 0 Å². The molecule has 3 aromatic carbocycles. The third kappa shape index (κ3) is 3.48. The number of imide groups is 1. The average molecular weight is 468 g/mol. The summed E-state index contributed by atoms with van der Waals surface area (Å²) in [6.45, 7) is 1.85. The molecule has 0 N–H and O–H groups in total. The van der Waals surface area contributed by atoms with Gasteiger partial charge in [-0.25, -0.2) is 9.38 Å².